The normalized spacial score (nSPS) is 10.1. The van der Waals surface area contributed by atoms with Crippen LogP contribution >= 0.6 is 0 Å². The fourth-order valence-corrected chi connectivity index (χ4v) is 2.20. The van der Waals surface area contributed by atoms with E-state index in [1.807, 2.05) is 0 Å². The highest BCUT2D eigenvalue weighted by molar-refractivity contribution is 5.99. The molecule has 0 spiro atoms. The maximum atomic E-state index is 12.9. The number of anilines is 2. The van der Waals surface area contributed by atoms with Crippen molar-refractivity contribution in [3.05, 3.63) is 88.7 Å². The van der Waals surface area contributed by atoms with Crippen LogP contribution in [-0.4, -0.2) is 11.0 Å². The van der Waals surface area contributed by atoms with E-state index in [0.717, 1.165) is 0 Å². The smallest absolute Gasteiger partial charge is 0.323 e. The summed E-state index contributed by atoms with van der Waals surface area (Å²) in [6.07, 6.45) is 0. The topological polar surface area (TPSA) is 93.5 Å². The molecular formula is C19H14FN3O4. The first-order valence-electron chi connectivity index (χ1n) is 7.85. The number of nitro groups is 1. The minimum Gasteiger partial charge on any atom is -0.457 e. The fraction of sp³-hybridized carbons (Fsp3) is 0. The average Bonchev–Trinajstić information content (AvgIpc) is 2.66. The lowest BCUT2D eigenvalue weighted by Crippen LogP contribution is -2.19. The first-order valence-corrected chi connectivity index (χ1v) is 7.85. The van der Waals surface area contributed by atoms with Crippen LogP contribution in [0.15, 0.2) is 72.8 Å². The van der Waals surface area contributed by atoms with Gasteiger partial charge in [-0.2, -0.15) is 0 Å². The molecule has 136 valence electrons. The van der Waals surface area contributed by atoms with Crippen LogP contribution in [0.4, 0.5) is 26.2 Å². The zero-order chi connectivity index (χ0) is 19.2. The Balaban J connectivity index is 1.57. The molecule has 3 aromatic rings. The third-order valence-corrected chi connectivity index (χ3v) is 3.50. The molecule has 0 aromatic heterocycles. The number of nitrogens with one attached hydrogen (secondary N) is 2. The molecule has 0 radical (unpaired) electrons. The first-order chi connectivity index (χ1) is 13.0. The molecule has 0 atom stereocenters. The molecule has 3 aromatic carbocycles. The van der Waals surface area contributed by atoms with Gasteiger partial charge in [-0.25, -0.2) is 9.18 Å². The maximum absolute atomic E-state index is 12.9. The molecule has 0 saturated carbocycles. The maximum Gasteiger partial charge on any atom is 0.323 e. The van der Waals surface area contributed by atoms with Crippen molar-refractivity contribution >= 4 is 23.1 Å². The predicted molar refractivity (Wildman–Crippen MR) is 98.7 cm³/mol. The van der Waals surface area contributed by atoms with Crippen molar-refractivity contribution in [1.82, 2.24) is 0 Å². The monoisotopic (exact) mass is 367 g/mol. The number of benzene rings is 3. The van der Waals surface area contributed by atoms with Gasteiger partial charge in [0.1, 0.15) is 17.3 Å². The number of carbonyl (C=O) groups is 1. The Hall–Kier alpha value is -3.94. The van der Waals surface area contributed by atoms with Crippen molar-refractivity contribution in [2.24, 2.45) is 0 Å². The van der Waals surface area contributed by atoms with Crippen LogP contribution in [-0.2, 0) is 0 Å². The van der Waals surface area contributed by atoms with E-state index in [-0.39, 0.29) is 11.5 Å². The summed E-state index contributed by atoms with van der Waals surface area (Å²) in [6.45, 7) is 0. The van der Waals surface area contributed by atoms with Crippen LogP contribution in [0.25, 0.3) is 0 Å². The van der Waals surface area contributed by atoms with Gasteiger partial charge in [0.25, 0.3) is 5.69 Å². The van der Waals surface area contributed by atoms with Crippen LogP contribution in [0, 0.1) is 15.9 Å². The number of carbonyl (C=O) groups excluding carboxylic acids is 1. The number of halogens is 1. The van der Waals surface area contributed by atoms with E-state index in [4.69, 9.17) is 4.74 Å². The molecule has 3 rings (SSSR count). The van der Waals surface area contributed by atoms with E-state index in [1.54, 1.807) is 24.3 Å². The van der Waals surface area contributed by atoms with Gasteiger partial charge in [0.15, 0.2) is 0 Å². The summed E-state index contributed by atoms with van der Waals surface area (Å²) in [6, 6.07) is 17.2. The quantitative estimate of drug-likeness (QED) is 0.480. The van der Waals surface area contributed by atoms with Gasteiger partial charge >= 0.3 is 6.03 Å². The summed E-state index contributed by atoms with van der Waals surface area (Å²) in [5.74, 6) is 0.577. The van der Waals surface area contributed by atoms with E-state index in [2.05, 4.69) is 10.6 Å². The van der Waals surface area contributed by atoms with Gasteiger partial charge in [0, 0.05) is 23.5 Å². The number of nitrogens with zero attached hydrogens (tertiary/aromatic N) is 1. The number of non-ortho nitro benzene ring substituents is 1. The lowest BCUT2D eigenvalue weighted by Gasteiger charge is -2.09. The van der Waals surface area contributed by atoms with E-state index in [0.29, 0.717) is 22.9 Å². The molecule has 0 unspecified atom stereocenters. The number of amides is 2. The van der Waals surface area contributed by atoms with Gasteiger partial charge in [0.2, 0.25) is 0 Å². The molecule has 0 saturated heterocycles. The molecule has 8 heteroatoms. The number of urea groups is 1. The van der Waals surface area contributed by atoms with E-state index in [1.165, 1.54) is 48.5 Å². The molecule has 0 aliphatic rings. The van der Waals surface area contributed by atoms with Crippen LogP contribution in [0.5, 0.6) is 11.5 Å². The van der Waals surface area contributed by atoms with Gasteiger partial charge in [-0.05, 0) is 60.7 Å². The lowest BCUT2D eigenvalue weighted by atomic mass is 10.3. The number of nitro benzene ring substituents is 1. The summed E-state index contributed by atoms with van der Waals surface area (Å²) >= 11 is 0. The number of hydrogen-bond acceptors (Lipinski definition) is 4. The second kappa shape index (κ2) is 7.96. The largest absolute Gasteiger partial charge is 0.457 e. The molecule has 2 amide bonds. The number of hydrogen-bond donors (Lipinski definition) is 2. The SMILES string of the molecule is O=C(Nc1ccc(F)cc1)Nc1ccc(Oc2ccc([N+](=O)[O-])cc2)cc1. The molecule has 7 nitrogen and oxygen atoms in total. The van der Waals surface area contributed by atoms with Crippen LogP contribution in [0.1, 0.15) is 0 Å². The van der Waals surface area contributed by atoms with Crippen LogP contribution in [0.3, 0.4) is 0 Å². The Kier molecular flexibility index (Phi) is 5.27. The molecular weight excluding hydrogens is 353 g/mol. The molecule has 0 aliphatic heterocycles. The van der Waals surface area contributed by atoms with Crippen molar-refractivity contribution < 1.29 is 18.8 Å². The standard InChI is InChI=1S/C19H14FN3O4/c20-13-1-3-14(4-2-13)21-19(24)22-15-5-9-17(10-6-15)27-18-11-7-16(8-12-18)23(25)26/h1-12H,(H2,21,22,24). The van der Waals surface area contributed by atoms with Crippen molar-refractivity contribution in [2.45, 2.75) is 0 Å². The van der Waals surface area contributed by atoms with Crippen molar-refractivity contribution in [1.29, 1.82) is 0 Å². The zero-order valence-corrected chi connectivity index (χ0v) is 13.9. The van der Waals surface area contributed by atoms with Crippen molar-refractivity contribution in [3.8, 4) is 11.5 Å². The third-order valence-electron chi connectivity index (χ3n) is 3.50. The predicted octanol–water partition coefficient (Wildman–Crippen LogP) is 5.17. The Bertz CT molecular complexity index is 942. The molecule has 2 N–H and O–H groups in total. The molecule has 0 fully saturated rings. The van der Waals surface area contributed by atoms with E-state index < -0.39 is 11.0 Å². The molecule has 0 bridgehead atoms. The second-order valence-electron chi connectivity index (χ2n) is 5.46. The Labute approximate surface area is 153 Å². The van der Waals surface area contributed by atoms with Gasteiger partial charge < -0.3 is 15.4 Å². The lowest BCUT2D eigenvalue weighted by molar-refractivity contribution is -0.384. The van der Waals surface area contributed by atoms with Crippen molar-refractivity contribution in [2.75, 3.05) is 10.6 Å². The second-order valence-corrected chi connectivity index (χ2v) is 5.46. The van der Waals surface area contributed by atoms with Crippen molar-refractivity contribution in [3.63, 3.8) is 0 Å². The average molecular weight is 367 g/mol. The Morgan fingerprint density at radius 2 is 1.26 bits per heavy atom. The van der Waals surface area contributed by atoms with E-state index in [9.17, 15) is 19.3 Å². The molecule has 0 aliphatic carbocycles. The van der Waals surface area contributed by atoms with E-state index >= 15 is 0 Å². The first kappa shape index (κ1) is 17.9. The zero-order valence-electron chi connectivity index (χ0n) is 13.9. The molecule has 0 heterocycles. The minimum atomic E-state index is -0.485. The minimum absolute atomic E-state index is 0.0194. The Morgan fingerprint density at radius 3 is 1.74 bits per heavy atom. The molecule has 27 heavy (non-hydrogen) atoms. The summed E-state index contributed by atoms with van der Waals surface area (Å²) in [4.78, 5) is 22.1. The van der Waals surface area contributed by atoms with Gasteiger partial charge in [0.05, 0.1) is 4.92 Å². The third kappa shape index (κ3) is 5.02. The Morgan fingerprint density at radius 1 is 0.815 bits per heavy atom. The summed E-state index contributed by atoms with van der Waals surface area (Å²) in [5.41, 5.74) is 0.978. The van der Waals surface area contributed by atoms with Gasteiger partial charge in [-0.1, -0.05) is 0 Å². The van der Waals surface area contributed by atoms with Gasteiger partial charge in [-0.15, -0.1) is 0 Å². The number of ether oxygens (including phenoxy) is 1. The fourth-order valence-electron chi connectivity index (χ4n) is 2.20. The summed E-state index contributed by atoms with van der Waals surface area (Å²) in [5, 5.41) is 15.9. The number of rotatable bonds is 5. The van der Waals surface area contributed by atoms with Crippen LogP contribution < -0.4 is 15.4 Å². The highest BCUT2D eigenvalue weighted by Crippen LogP contribution is 2.25. The van der Waals surface area contributed by atoms with Gasteiger partial charge in [-0.3, -0.25) is 10.1 Å². The highest BCUT2D eigenvalue weighted by Gasteiger charge is 2.06. The summed E-state index contributed by atoms with van der Waals surface area (Å²) in [7, 11) is 0. The van der Waals surface area contributed by atoms with Crippen LogP contribution in [0.2, 0.25) is 0 Å². The highest BCUT2D eigenvalue weighted by atomic mass is 19.1. The summed E-state index contributed by atoms with van der Waals surface area (Å²) < 4.78 is 18.4.